The summed E-state index contributed by atoms with van der Waals surface area (Å²) in [5.41, 5.74) is 1.68. The smallest absolute Gasteiger partial charge is 0.137 e. The molecule has 0 atom stereocenters. The summed E-state index contributed by atoms with van der Waals surface area (Å²) >= 11 is 1.35. The molecule has 0 aliphatic heterocycles. The molecule has 0 aliphatic rings. The molecule has 0 aliphatic carbocycles. The van der Waals surface area contributed by atoms with Gasteiger partial charge >= 0.3 is 0 Å². The van der Waals surface area contributed by atoms with Crippen molar-refractivity contribution in [3.63, 3.8) is 0 Å². The third-order valence-corrected chi connectivity index (χ3v) is 1.05. The number of aromatic nitrogens is 5. The van der Waals surface area contributed by atoms with Crippen LogP contribution >= 0.6 is 11.5 Å². The zero-order valence-electron chi connectivity index (χ0n) is 12.2. The highest BCUT2D eigenvalue weighted by molar-refractivity contribution is 7.03. The van der Waals surface area contributed by atoms with E-state index >= 15 is 0 Å². The van der Waals surface area contributed by atoms with Gasteiger partial charge < -0.3 is 0 Å². The highest BCUT2D eigenvalue weighted by Crippen LogP contribution is 1.81. The first-order valence-corrected chi connectivity index (χ1v) is 6.78. The Hall–Kier alpha value is -1.30. The molecular weight excluding hydrogens is 246 g/mol. The lowest BCUT2D eigenvalue weighted by Gasteiger charge is -1.79. The van der Waals surface area contributed by atoms with Gasteiger partial charge in [0.2, 0.25) is 0 Å². The molecule has 0 saturated carbocycles. The van der Waals surface area contributed by atoms with E-state index in [2.05, 4.69) is 66.1 Å². The van der Waals surface area contributed by atoms with Crippen LogP contribution < -0.4 is 0 Å². The molecule has 0 saturated heterocycles. The van der Waals surface area contributed by atoms with E-state index < -0.39 is 0 Å². The Balaban J connectivity index is 0. The van der Waals surface area contributed by atoms with Crippen molar-refractivity contribution in [2.45, 2.75) is 41.5 Å². The molecule has 1 N–H and O–H groups in total. The molecule has 2 aromatic heterocycles. The Morgan fingerprint density at radius 2 is 1.44 bits per heavy atom. The van der Waals surface area contributed by atoms with Crippen LogP contribution in [0.3, 0.4) is 0 Å². The molecule has 0 spiro atoms. The minimum Gasteiger partial charge on any atom is -0.266 e. The van der Waals surface area contributed by atoms with Crippen LogP contribution in [0.4, 0.5) is 0 Å². The van der Waals surface area contributed by atoms with Gasteiger partial charge in [-0.05, 0) is 23.4 Å². The molecule has 0 amide bonds. The van der Waals surface area contributed by atoms with E-state index in [-0.39, 0.29) is 0 Å². The van der Waals surface area contributed by atoms with Crippen LogP contribution in [0.2, 0.25) is 0 Å². The molecule has 0 unspecified atom stereocenters. The molecular formula is C12H25N5S. The molecule has 104 valence electrons. The summed E-state index contributed by atoms with van der Waals surface area (Å²) in [6, 6.07) is 0. The Morgan fingerprint density at radius 3 is 1.56 bits per heavy atom. The molecule has 5 nitrogen and oxygen atoms in total. The van der Waals surface area contributed by atoms with Crippen molar-refractivity contribution < 1.29 is 0 Å². The molecule has 2 rings (SSSR count). The van der Waals surface area contributed by atoms with Crippen molar-refractivity contribution in [1.82, 2.24) is 24.5 Å². The predicted molar refractivity (Wildman–Crippen MR) is 77.3 cm³/mol. The Labute approximate surface area is 114 Å². The monoisotopic (exact) mass is 271 g/mol. The minimum absolute atomic E-state index is 0.833. The predicted octanol–water partition coefficient (Wildman–Crippen LogP) is 3.67. The van der Waals surface area contributed by atoms with Crippen LogP contribution in [-0.2, 0) is 0 Å². The highest BCUT2D eigenvalue weighted by atomic mass is 32.1. The van der Waals surface area contributed by atoms with Crippen molar-refractivity contribution in [3.8, 4) is 0 Å². The molecule has 2 aromatic rings. The molecule has 2 heterocycles. The van der Waals surface area contributed by atoms with Gasteiger partial charge in [-0.15, -0.1) is 0 Å². The summed E-state index contributed by atoms with van der Waals surface area (Å²) in [5, 5.41) is 5.99. The molecule has 6 heteroatoms. The number of H-pyrrole nitrogens is 1. The Kier molecular flexibility index (Phi) is 16.6. The van der Waals surface area contributed by atoms with Gasteiger partial charge in [-0.25, -0.2) is 9.97 Å². The van der Waals surface area contributed by atoms with E-state index in [0.717, 1.165) is 11.8 Å². The number of nitrogens with zero attached hydrogens (tertiary/aromatic N) is 4. The van der Waals surface area contributed by atoms with Gasteiger partial charge in [-0.1, -0.05) is 41.5 Å². The van der Waals surface area contributed by atoms with Crippen LogP contribution in [0.25, 0.3) is 0 Å². The average Bonchev–Trinajstić information content (AvgIpc) is 2.96. The summed E-state index contributed by atoms with van der Waals surface area (Å²) in [6.45, 7) is 13.0. The average molecular weight is 271 g/mol. The number of rotatable bonds is 0. The summed E-state index contributed by atoms with van der Waals surface area (Å²) in [4.78, 5) is 7.19. The van der Waals surface area contributed by atoms with Gasteiger partial charge in [-0.2, -0.15) is 9.47 Å². The highest BCUT2D eigenvalue weighted by Gasteiger charge is 1.68. The largest absolute Gasteiger partial charge is 0.266 e. The first kappa shape index (κ1) is 19.0. The summed E-state index contributed by atoms with van der Waals surface area (Å²) in [5.74, 6) is 1.67. The first-order valence-electron chi connectivity index (χ1n) is 5.94. The van der Waals surface area contributed by atoms with Crippen molar-refractivity contribution in [2.75, 3.05) is 0 Å². The second-order valence-corrected chi connectivity index (χ2v) is 5.33. The number of hydrogen-bond donors (Lipinski definition) is 1. The lowest BCUT2D eigenvalue weighted by Crippen LogP contribution is -1.66. The topological polar surface area (TPSA) is 67.3 Å². The lowest BCUT2D eigenvalue weighted by atomic mass is 10.3. The molecule has 0 fully saturated rings. The zero-order chi connectivity index (χ0) is 14.2. The third-order valence-electron chi connectivity index (χ3n) is 0.614. The number of nitrogens with one attached hydrogen (secondary N) is 1. The maximum Gasteiger partial charge on any atom is 0.137 e. The van der Waals surface area contributed by atoms with Crippen molar-refractivity contribution >= 4 is 11.5 Å². The van der Waals surface area contributed by atoms with Crippen LogP contribution in [-0.4, -0.2) is 24.5 Å². The summed E-state index contributed by atoms with van der Waals surface area (Å²) in [6.07, 6.45) is 4.48. The van der Waals surface area contributed by atoms with E-state index in [9.17, 15) is 0 Å². The second-order valence-electron chi connectivity index (χ2n) is 4.70. The van der Waals surface area contributed by atoms with Crippen LogP contribution in [0.1, 0.15) is 41.5 Å². The fourth-order valence-electron chi connectivity index (χ4n) is 0.303. The van der Waals surface area contributed by atoms with E-state index in [1.165, 1.54) is 30.5 Å². The third kappa shape index (κ3) is 36.5. The fourth-order valence-corrected chi connectivity index (χ4v) is 0.575. The van der Waals surface area contributed by atoms with E-state index in [1.807, 2.05) is 0 Å². The van der Waals surface area contributed by atoms with Crippen LogP contribution in [0.5, 0.6) is 0 Å². The van der Waals surface area contributed by atoms with Crippen molar-refractivity contribution in [3.05, 3.63) is 24.5 Å². The second kappa shape index (κ2) is 15.7. The van der Waals surface area contributed by atoms with Gasteiger partial charge in [0.05, 0.1) is 0 Å². The lowest BCUT2D eigenvalue weighted by molar-refractivity contribution is 0.736. The van der Waals surface area contributed by atoms with Crippen LogP contribution in [0.15, 0.2) is 24.5 Å². The molecule has 0 bridgehead atoms. The van der Waals surface area contributed by atoms with Crippen molar-refractivity contribution in [1.29, 1.82) is 0 Å². The van der Waals surface area contributed by atoms with Gasteiger partial charge in [-0.3, -0.25) is 5.10 Å². The number of hydrogen-bond acceptors (Lipinski definition) is 5. The maximum atomic E-state index is 3.65. The summed E-state index contributed by atoms with van der Waals surface area (Å²) < 4.78 is 3.65. The van der Waals surface area contributed by atoms with Gasteiger partial charge in [0.25, 0.3) is 0 Å². The fraction of sp³-hybridized carbons (Fsp3) is 0.667. The first-order chi connectivity index (χ1) is 8.46. The Bertz CT molecular complexity index is 220. The minimum atomic E-state index is 0.833. The standard InChI is InChI=1S/2C4H10.C2H3N3.C2H2N2S/c2*1-4(2)3;2*1-3-2-5-4-1/h2*4H,1-3H3;1-2H,(H,3,4,5);1-2H. The quantitative estimate of drug-likeness (QED) is 0.794. The SMILES string of the molecule is CC(C)C.CC(C)C.c1nc[nH]n1.c1ncsn1. The van der Waals surface area contributed by atoms with Gasteiger partial charge in [0.1, 0.15) is 24.5 Å². The van der Waals surface area contributed by atoms with E-state index in [4.69, 9.17) is 0 Å². The van der Waals surface area contributed by atoms with E-state index in [0.29, 0.717) is 0 Å². The maximum absolute atomic E-state index is 3.65. The molecule has 18 heavy (non-hydrogen) atoms. The Morgan fingerprint density at radius 1 is 0.889 bits per heavy atom. The van der Waals surface area contributed by atoms with E-state index in [1.54, 1.807) is 5.51 Å². The van der Waals surface area contributed by atoms with Gasteiger partial charge in [0, 0.05) is 0 Å². The molecule has 0 aromatic carbocycles. The summed E-state index contributed by atoms with van der Waals surface area (Å²) in [7, 11) is 0. The van der Waals surface area contributed by atoms with Crippen LogP contribution in [0, 0.1) is 11.8 Å². The zero-order valence-corrected chi connectivity index (χ0v) is 13.0. The van der Waals surface area contributed by atoms with Gasteiger partial charge in [0.15, 0.2) is 0 Å². The number of aromatic amines is 1. The molecule has 0 radical (unpaired) electrons. The normalized spacial score (nSPS) is 8.44. The van der Waals surface area contributed by atoms with Crippen molar-refractivity contribution in [2.24, 2.45) is 11.8 Å².